The number of carboxylic acid groups (broad SMARTS) is 1. The number of carboxylic acids is 1. The van der Waals surface area contributed by atoms with Gasteiger partial charge in [0.15, 0.2) is 11.6 Å². The Morgan fingerprint density at radius 2 is 2.05 bits per heavy atom. The minimum atomic E-state index is -1.33. The number of hydrogen-bond donors (Lipinski definition) is 2. The Morgan fingerprint density at radius 1 is 1.41 bits per heavy atom. The van der Waals surface area contributed by atoms with Gasteiger partial charge in [-0.1, -0.05) is 6.58 Å². The molecule has 0 fully saturated rings. The summed E-state index contributed by atoms with van der Waals surface area (Å²) in [5.41, 5.74) is 0.581. The lowest BCUT2D eigenvalue weighted by atomic mass is 9.94. The highest BCUT2D eigenvalue weighted by atomic mass is 19.2. The summed E-state index contributed by atoms with van der Waals surface area (Å²) in [6, 6.07) is 1.81. The van der Waals surface area contributed by atoms with E-state index in [-0.39, 0.29) is 23.1 Å². The molecule has 1 unspecified atom stereocenters. The molecule has 1 atom stereocenters. The minimum Gasteiger partial charge on any atom is -0.478 e. The monoisotopic (exact) mass is 308 g/mol. The van der Waals surface area contributed by atoms with Crippen LogP contribution in [0.4, 0.5) is 8.78 Å². The first kappa shape index (κ1) is 15.8. The highest BCUT2D eigenvalue weighted by Gasteiger charge is 2.21. The van der Waals surface area contributed by atoms with Crippen molar-refractivity contribution in [1.82, 2.24) is 9.78 Å². The van der Waals surface area contributed by atoms with Gasteiger partial charge in [0.05, 0.1) is 12.3 Å². The number of halogens is 2. The maximum absolute atomic E-state index is 13.5. The molecular weight excluding hydrogens is 294 g/mol. The first-order valence-electron chi connectivity index (χ1n) is 6.36. The average molecular weight is 308 g/mol. The van der Waals surface area contributed by atoms with Crippen LogP contribution in [0.3, 0.4) is 0 Å². The Labute approximate surface area is 125 Å². The van der Waals surface area contributed by atoms with E-state index in [9.17, 15) is 18.7 Å². The zero-order valence-corrected chi connectivity index (χ0v) is 11.8. The van der Waals surface area contributed by atoms with E-state index in [1.807, 2.05) is 0 Å². The summed E-state index contributed by atoms with van der Waals surface area (Å²) in [5, 5.41) is 22.9. The van der Waals surface area contributed by atoms with E-state index in [1.54, 1.807) is 13.2 Å². The summed E-state index contributed by atoms with van der Waals surface area (Å²) < 4.78 is 28.5. The van der Waals surface area contributed by atoms with Crippen molar-refractivity contribution in [2.75, 3.05) is 0 Å². The second-order valence-electron chi connectivity index (χ2n) is 4.88. The van der Waals surface area contributed by atoms with Gasteiger partial charge in [0.25, 0.3) is 0 Å². The van der Waals surface area contributed by atoms with E-state index >= 15 is 0 Å². The van der Waals surface area contributed by atoms with E-state index < -0.39 is 23.7 Å². The average Bonchev–Trinajstić information content (AvgIpc) is 2.87. The van der Waals surface area contributed by atoms with Crippen molar-refractivity contribution in [3.8, 4) is 11.1 Å². The van der Waals surface area contributed by atoms with Crippen molar-refractivity contribution in [3.63, 3.8) is 0 Å². The quantitative estimate of drug-likeness (QED) is 0.832. The SMILES string of the molecule is C=C(CC(O)c1cc(F)c(F)cc1-c1cnn(C)c1)C(=O)O. The first-order valence-corrected chi connectivity index (χ1v) is 6.36. The number of benzene rings is 1. The highest BCUT2D eigenvalue weighted by Crippen LogP contribution is 2.32. The number of nitrogens with zero attached hydrogens (tertiary/aromatic N) is 2. The summed E-state index contributed by atoms with van der Waals surface area (Å²) in [6.45, 7) is 3.32. The maximum atomic E-state index is 13.5. The fourth-order valence-electron chi connectivity index (χ4n) is 2.08. The summed E-state index contributed by atoms with van der Waals surface area (Å²) in [6.07, 6.45) is 1.39. The van der Waals surface area contributed by atoms with Gasteiger partial charge in [0, 0.05) is 30.8 Å². The van der Waals surface area contributed by atoms with Crippen LogP contribution in [0.2, 0.25) is 0 Å². The number of aliphatic hydroxyl groups is 1. The van der Waals surface area contributed by atoms with Gasteiger partial charge in [-0.05, 0) is 23.3 Å². The van der Waals surface area contributed by atoms with Crippen LogP contribution < -0.4 is 0 Å². The molecule has 0 aliphatic heterocycles. The van der Waals surface area contributed by atoms with Gasteiger partial charge in [0.2, 0.25) is 0 Å². The molecule has 0 aliphatic rings. The number of carbonyl (C=O) groups is 1. The van der Waals surface area contributed by atoms with Crippen LogP contribution in [0, 0.1) is 11.6 Å². The van der Waals surface area contributed by atoms with Crippen molar-refractivity contribution >= 4 is 5.97 Å². The zero-order chi connectivity index (χ0) is 16.4. The molecule has 5 nitrogen and oxygen atoms in total. The Balaban J connectivity index is 2.47. The lowest BCUT2D eigenvalue weighted by Crippen LogP contribution is -2.07. The Kier molecular flexibility index (Phi) is 4.37. The molecule has 2 N–H and O–H groups in total. The van der Waals surface area contributed by atoms with Gasteiger partial charge in [-0.15, -0.1) is 0 Å². The van der Waals surface area contributed by atoms with E-state index in [4.69, 9.17) is 5.11 Å². The van der Waals surface area contributed by atoms with Crippen LogP contribution in [-0.4, -0.2) is 26.0 Å². The lowest BCUT2D eigenvalue weighted by molar-refractivity contribution is -0.133. The molecule has 0 saturated heterocycles. The summed E-state index contributed by atoms with van der Waals surface area (Å²) >= 11 is 0. The largest absolute Gasteiger partial charge is 0.478 e. The Bertz CT molecular complexity index is 740. The number of rotatable bonds is 5. The normalized spacial score (nSPS) is 12.2. The molecular formula is C15H14F2N2O3. The fraction of sp³-hybridized carbons (Fsp3) is 0.200. The third-order valence-corrected chi connectivity index (χ3v) is 3.21. The summed E-state index contributed by atoms with van der Waals surface area (Å²) in [7, 11) is 1.66. The van der Waals surface area contributed by atoms with Crippen molar-refractivity contribution < 1.29 is 23.8 Å². The van der Waals surface area contributed by atoms with Crippen molar-refractivity contribution in [3.05, 3.63) is 53.9 Å². The number of aromatic nitrogens is 2. The van der Waals surface area contributed by atoms with Crippen LogP contribution in [-0.2, 0) is 11.8 Å². The Morgan fingerprint density at radius 3 is 2.59 bits per heavy atom. The number of hydrogen-bond acceptors (Lipinski definition) is 3. The second kappa shape index (κ2) is 6.07. The van der Waals surface area contributed by atoms with Gasteiger partial charge < -0.3 is 10.2 Å². The summed E-state index contributed by atoms with van der Waals surface area (Å²) in [4.78, 5) is 10.8. The Hall–Kier alpha value is -2.54. The van der Waals surface area contributed by atoms with E-state index in [0.29, 0.717) is 5.56 Å². The van der Waals surface area contributed by atoms with E-state index in [1.165, 1.54) is 10.9 Å². The van der Waals surface area contributed by atoms with Gasteiger partial charge in [0.1, 0.15) is 0 Å². The predicted molar refractivity (Wildman–Crippen MR) is 74.9 cm³/mol. The van der Waals surface area contributed by atoms with E-state index in [2.05, 4.69) is 11.7 Å². The smallest absolute Gasteiger partial charge is 0.331 e. The number of aryl methyl sites for hydroxylation is 1. The van der Waals surface area contributed by atoms with Crippen molar-refractivity contribution in [1.29, 1.82) is 0 Å². The van der Waals surface area contributed by atoms with Gasteiger partial charge in [-0.2, -0.15) is 5.10 Å². The van der Waals surface area contributed by atoms with Crippen LogP contribution in [0.1, 0.15) is 18.1 Å². The molecule has 0 bridgehead atoms. The minimum absolute atomic E-state index is 0.0781. The highest BCUT2D eigenvalue weighted by molar-refractivity contribution is 5.85. The molecule has 0 radical (unpaired) electrons. The molecule has 1 aromatic carbocycles. The third kappa shape index (κ3) is 3.20. The number of aliphatic carboxylic acids is 1. The molecule has 2 rings (SSSR count). The predicted octanol–water partition coefficient (Wildman–Crippen LogP) is 2.43. The van der Waals surface area contributed by atoms with Crippen LogP contribution in [0.25, 0.3) is 11.1 Å². The molecule has 1 aromatic heterocycles. The van der Waals surface area contributed by atoms with Gasteiger partial charge in [-0.25, -0.2) is 13.6 Å². The standard InChI is InChI=1S/C15H14F2N2O3/c1-8(15(21)22)3-14(20)11-5-13(17)12(16)4-10(11)9-6-18-19(2)7-9/h4-7,14,20H,1,3H2,2H3,(H,21,22). The summed E-state index contributed by atoms with van der Waals surface area (Å²) in [5.74, 6) is -3.45. The third-order valence-electron chi connectivity index (χ3n) is 3.21. The lowest BCUT2D eigenvalue weighted by Gasteiger charge is -2.15. The molecule has 22 heavy (non-hydrogen) atoms. The number of aliphatic hydroxyl groups excluding tert-OH is 1. The van der Waals surface area contributed by atoms with Gasteiger partial charge in [-0.3, -0.25) is 4.68 Å². The molecule has 0 spiro atoms. The van der Waals surface area contributed by atoms with Crippen LogP contribution >= 0.6 is 0 Å². The second-order valence-corrected chi connectivity index (χ2v) is 4.88. The van der Waals surface area contributed by atoms with Gasteiger partial charge >= 0.3 is 5.97 Å². The topological polar surface area (TPSA) is 75.4 Å². The maximum Gasteiger partial charge on any atom is 0.331 e. The van der Waals surface area contributed by atoms with Crippen molar-refractivity contribution in [2.24, 2.45) is 7.05 Å². The van der Waals surface area contributed by atoms with E-state index in [0.717, 1.165) is 12.1 Å². The molecule has 1 heterocycles. The fourth-order valence-corrected chi connectivity index (χ4v) is 2.08. The molecule has 7 heteroatoms. The first-order chi connectivity index (χ1) is 10.3. The van der Waals surface area contributed by atoms with Crippen LogP contribution in [0.5, 0.6) is 0 Å². The zero-order valence-electron chi connectivity index (χ0n) is 11.8. The molecule has 0 aliphatic carbocycles. The van der Waals surface area contributed by atoms with Crippen molar-refractivity contribution in [2.45, 2.75) is 12.5 Å². The van der Waals surface area contributed by atoms with Crippen LogP contribution in [0.15, 0.2) is 36.7 Å². The molecule has 2 aromatic rings. The molecule has 116 valence electrons. The molecule has 0 saturated carbocycles. The molecule has 0 amide bonds.